The highest BCUT2D eigenvalue weighted by atomic mass is 35.5. The Bertz CT molecular complexity index is 342. The highest BCUT2D eigenvalue weighted by molar-refractivity contribution is 6.32. The van der Waals surface area contributed by atoms with Crippen molar-refractivity contribution in [2.45, 2.75) is 13.3 Å². The monoisotopic (exact) mass is 229 g/mol. The standard InChI is InChI=1S/C11H16ClNO2/c1-7(6-13)3-8-4-9(15-2)5-10(12)11(8)14/h4-5,7,14H,3,6,13H2,1-2H3. The molecular weight excluding hydrogens is 214 g/mol. The predicted octanol–water partition coefficient (Wildman–Crippen LogP) is 2.19. The van der Waals surface area contributed by atoms with Crippen molar-refractivity contribution >= 4 is 11.6 Å². The summed E-state index contributed by atoms with van der Waals surface area (Å²) in [5.41, 5.74) is 6.31. The smallest absolute Gasteiger partial charge is 0.137 e. The van der Waals surface area contributed by atoms with Crippen molar-refractivity contribution in [2.75, 3.05) is 13.7 Å². The van der Waals surface area contributed by atoms with E-state index in [-0.39, 0.29) is 5.75 Å². The van der Waals surface area contributed by atoms with Crippen LogP contribution < -0.4 is 10.5 Å². The molecule has 0 aliphatic carbocycles. The summed E-state index contributed by atoms with van der Waals surface area (Å²) in [6, 6.07) is 3.38. The first kappa shape index (κ1) is 12.1. The molecule has 0 bridgehead atoms. The number of benzene rings is 1. The van der Waals surface area contributed by atoms with Crippen molar-refractivity contribution in [3.8, 4) is 11.5 Å². The van der Waals surface area contributed by atoms with E-state index in [0.29, 0.717) is 29.7 Å². The van der Waals surface area contributed by atoms with Gasteiger partial charge in [0.05, 0.1) is 12.1 Å². The SMILES string of the molecule is COc1cc(Cl)c(O)c(CC(C)CN)c1. The molecule has 3 N–H and O–H groups in total. The topological polar surface area (TPSA) is 55.5 Å². The Kier molecular flexibility index (Phi) is 4.24. The zero-order valence-electron chi connectivity index (χ0n) is 8.96. The molecule has 0 saturated heterocycles. The first-order chi connectivity index (χ1) is 7.08. The van der Waals surface area contributed by atoms with E-state index in [9.17, 15) is 5.11 Å². The van der Waals surface area contributed by atoms with Crippen LogP contribution in [-0.2, 0) is 6.42 Å². The fourth-order valence-corrected chi connectivity index (χ4v) is 1.59. The number of nitrogens with two attached hydrogens (primary N) is 1. The van der Waals surface area contributed by atoms with Gasteiger partial charge in [-0.3, -0.25) is 0 Å². The molecule has 3 nitrogen and oxygen atoms in total. The average Bonchev–Trinajstić information content (AvgIpc) is 2.24. The van der Waals surface area contributed by atoms with Gasteiger partial charge in [0, 0.05) is 6.07 Å². The third-order valence-electron chi connectivity index (χ3n) is 2.32. The normalized spacial score (nSPS) is 12.5. The lowest BCUT2D eigenvalue weighted by Gasteiger charge is -2.12. The molecule has 1 rings (SSSR count). The van der Waals surface area contributed by atoms with Crippen LogP contribution in [0.4, 0.5) is 0 Å². The maximum absolute atomic E-state index is 9.73. The van der Waals surface area contributed by atoms with Crippen molar-refractivity contribution in [3.63, 3.8) is 0 Å². The van der Waals surface area contributed by atoms with Gasteiger partial charge in [-0.15, -0.1) is 0 Å². The highest BCUT2D eigenvalue weighted by Crippen LogP contribution is 2.33. The third kappa shape index (κ3) is 3.01. The lowest BCUT2D eigenvalue weighted by atomic mass is 10.0. The van der Waals surface area contributed by atoms with Crippen LogP contribution in [0.25, 0.3) is 0 Å². The lowest BCUT2D eigenvalue weighted by Crippen LogP contribution is -2.13. The van der Waals surface area contributed by atoms with Gasteiger partial charge in [0.25, 0.3) is 0 Å². The molecule has 1 aromatic carbocycles. The second-order valence-electron chi connectivity index (χ2n) is 3.66. The molecule has 1 atom stereocenters. The molecule has 0 spiro atoms. The van der Waals surface area contributed by atoms with Crippen LogP contribution in [0.2, 0.25) is 5.02 Å². The van der Waals surface area contributed by atoms with Gasteiger partial charge < -0.3 is 15.6 Å². The minimum absolute atomic E-state index is 0.123. The van der Waals surface area contributed by atoms with Gasteiger partial charge in [-0.1, -0.05) is 18.5 Å². The largest absolute Gasteiger partial charge is 0.506 e. The van der Waals surface area contributed by atoms with Crippen LogP contribution in [-0.4, -0.2) is 18.8 Å². The summed E-state index contributed by atoms with van der Waals surface area (Å²) in [5.74, 6) is 1.08. The Balaban J connectivity index is 2.99. The lowest BCUT2D eigenvalue weighted by molar-refractivity contribution is 0.409. The summed E-state index contributed by atoms with van der Waals surface area (Å²) in [5, 5.41) is 10.0. The van der Waals surface area contributed by atoms with Crippen LogP contribution >= 0.6 is 11.6 Å². The van der Waals surface area contributed by atoms with Gasteiger partial charge in [-0.2, -0.15) is 0 Å². The summed E-state index contributed by atoms with van der Waals surface area (Å²) in [6.45, 7) is 2.60. The Morgan fingerprint density at radius 1 is 1.53 bits per heavy atom. The predicted molar refractivity (Wildman–Crippen MR) is 61.6 cm³/mol. The van der Waals surface area contributed by atoms with Crippen LogP contribution in [0.5, 0.6) is 11.5 Å². The molecule has 0 aliphatic heterocycles. The maximum atomic E-state index is 9.73. The van der Waals surface area contributed by atoms with Gasteiger partial charge in [0.15, 0.2) is 0 Å². The highest BCUT2D eigenvalue weighted by Gasteiger charge is 2.11. The van der Waals surface area contributed by atoms with Gasteiger partial charge in [-0.05, 0) is 30.5 Å². The van der Waals surface area contributed by atoms with Crippen molar-refractivity contribution in [2.24, 2.45) is 11.7 Å². The molecule has 15 heavy (non-hydrogen) atoms. The number of methoxy groups -OCH3 is 1. The molecule has 0 saturated carbocycles. The maximum Gasteiger partial charge on any atom is 0.137 e. The van der Waals surface area contributed by atoms with Crippen molar-refractivity contribution in [1.29, 1.82) is 0 Å². The van der Waals surface area contributed by atoms with Crippen molar-refractivity contribution in [3.05, 3.63) is 22.7 Å². The Morgan fingerprint density at radius 3 is 2.73 bits per heavy atom. The molecule has 0 aromatic heterocycles. The van der Waals surface area contributed by atoms with E-state index in [1.165, 1.54) is 0 Å². The first-order valence-corrected chi connectivity index (χ1v) is 5.21. The van der Waals surface area contributed by atoms with Crippen LogP contribution in [0.15, 0.2) is 12.1 Å². The third-order valence-corrected chi connectivity index (χ3v) is 2.61. The minimum Gasteiger partial charge on any atom is -0.506 e. The molecular formula is C11H16ClNO2. The van der Waals surface area contributed by atoms with E-state index in [0.717, 1.165) is 5.56 Å². The van der Waals surface area contributed by atoms with Crippen molar-refractivity contribution < 1.29 is 9.84 Å². The Labute approximate surface area is 94.8 Å². The second kappa shape index (κ2) is 5.24. The summed E-state index contributed by atoms with van der Waals surface area (Å²) in [7, 11) is 1.57. The molecule has 1 aromatic rings. The summed E-state index contributed by atoms with van der Waals surface area (Å²) in [6.07, 6.45) is 0.694. The number of phenols is 1. The number of phenolic OH excluding ortho intramolecular Hbond substituents is 1. The van der Waals surface area contributed by atoms with E-state index in [2.05, 4.69) is 0 Å². The van der Waals surface area contributed by atoms with E-state index in [1.54, 1.807) is 19.2 Å². The first-order valence-electron chi connectivity index (χ1n) is 4.84. The molecule has 4 heteroatoms. The fraction of sp³-hybridized carbons (Fsp3) is 0.455. The Morgan fingerprint density at radius 2 is 2.20 bits per heavy atom. The number of rotatable bonds is 4. The number of ether oxygens (including phenoxy) is 1. The second-order valence-corrected chi connectivity index (χ2v) is 4.07. The quantitative estimate of drug-likeness (QED) is 0.832. The van der Waals surface area contributed by atoms with E-state index >= 15 is 0 Å². The van der Waals surface area contributed by atoms with E-state index in [4.69, 9.17) is 22.1 Å². The molecule has 1 unspecified atom stereocenters. The number of hydrogen-bond donors (Lipinski definition) is 2. The van der Waals surface area contributed by atoms with Crippen molar-refractivity contribution in [1.82, 2.24) is 0 Å². The van der Waals surface area contributed by atoms with Crippen LogP contribution in [0.3, 0.4) is 0 Å². The number of halogens is 1. The van der Waals surface area contributed by atoms with Crippen LogP contribution in [0.1, 0.15) is 12.5 Å². The summed E-state index contributed by atoms with van der Waals surface area (Å²) < 4.78 is 5.08. The zero-order chi connectivity index (χ0) is 11.4. The van der Waals surface area contributed by atoms with E-state index < -0.39 is 0 Å². The molecule has 0 heterocycles. The Hall–Kier alpha value is -0.930. The summed E-state index contributed by atoms with van der Waals surface area (Å²) in [4.78, 5) is 0. The molecule has 0 radical (unpaired) electrons. The van der Waals surface area contributed by atoms with Gasteiger partial charge >= 0.3 is 0 Å². The molecule has 0 fully saturated rings. The van der Waals surface area contributed by atoms with Crippen LogP contribution in [0, 0.1) is 5.92 Å². The van der Waals surface area contributed by atoms with Gasteiger partial charge in [0.1, 0.15) is 11.5 Å². The van der Waals surface area contributed by atoms with E-state index in [1.807, 2.05) is 6.92 Å². The zero-order valence-corrected chi connectivity index (χ0v) is 9.71. The minimum atomic E-state index is 0.123. The molecule has 0 aliphatic rings. The van der Waals surface area contributed by atoms with Gasteiger partial charge in [-0.25, -0.2) is 0 Å². The fourth-order valence-electron chi connectivity index (χ4n) is 1.36. The average molecular weight is 230 g/mol. The van der Waals surface area contributed by atoms with Gasteiger partial charge in [0.2, 0.25) is 0 Å². The molecule has 84 valence electrons. The number of aromatic hydroxyl groups is 1. The summed E-state index contributed by atoms with van der Waals surface area (Å²) >= 11 is 5.86. The molecule has 0 amide bonds. The number of hydrogen-bond acceptors (Lipinski definition) is 3.